The Morgan fingerprint density at radius 1 is 0.908 bits per heavy atom. The molecular formula is C43H53ClN8O13. The number of likely N-dealkylation sites (N-methyl/N-ethyl adjacent to an activating group) is 1. The molecule has 3 aromatic rings. The highest BCUT2D eigenvalue weighted by Gasteiger charge is 2.55. The van der Waals surface area contributed by atoms with Gasteiger partial charge in [-0.25, -0.2) is 0 Å². The van der Waals surface area contributed by atoms with Crippen LogP contribution in [0.25, 0.3) is 17.0 Å². The molecule has 9 unspecified atom stereocenters. The molecule has 0 aliphatic carbocycles. The summed E-state index contributed by atoms with van der Waals surface area (Å²) < 4.78 is 5.22. The summed E-state index contributed by atoms with van der Waals surface area (Å²) >= 11 is 6.12. The molecular weight excluding hydrogens is 872 g/mol. The van der Waals surface area contributed by atoms with Crippen LogP contribution in [-0.4, -0.2) is 165 Å². The van der Waals surface area contributed by atoms with Crippen molar-refractivity contribution in [2.45, 2.75) is 80.1 Å². The number of carbonyl (C=O) groups is 7. The number of rotatable bonds is 9. The monoisotopic (exact) mass is 924 g/mol. The summed E-state index contributed by atoms with van der Waals surface area (Å²) in [5, 5.41) is 71.1. The van der Waals surface area contributed by atoms with Crippen LogP contribution in [0.3, 0.4) is 0 Å². The van der Waals surface area contributed by atoms with Crippen LogP contribution in [0, 0.1) is 0 Å². The molecule has 0 spiro atoms. The standard InChI is InChI=1S/C43H53ClN8O13/c1-52-22-33(57)48-29(15-24-19-45-28-16-25(44)13-14-27(24)28)40(61)47-21-32(56)46-20-26(53)17-31(55)49-35(36(59)30(54)12-8-4-7-11-23-9-5-3-6-10-23)37(60)41(62)50-39-38(65-2)42(63)51-43(39,64)18-34(52)58/h3-11,13-14,16,19,26,29-30,35-39,45,53-54,59-60,64H,12,15,17-18,20-22H2,1-2H3,(H,46,56)(H,47,61)(H,48,57)(H,49,55)(H,50,62)(H,51,63). The molecule has 9 atom stereocenters. The van der Waals surface area contributed by atoms with Crippen molar-refractivity contribution in [1.29, 1.82) is 0 Å². The third kappa shape index (κ3) is 13.4. The van der Waals surface area contributed by atoms with Crippen LogP contribution in [0.15, 0.2) is 73.0 Å². The van der Waals surface area contributed by atoms with Crippen LogP contribution in [0.2, 0.25) is 5.02 Å². The van der Waals surface area contributed by atoms with Gasteiger partial charge in [-0.05, 0) is 29.7 Å². The fraction of sp³-hybridized carbons (Fsp3) is 0.419. The lowest BCUT2D eigenvalue weighted by atomic mass is 9.95. The molecule has 12 N–H and O–H groups in total. The molecule has 22 heteroatoms. The van der Waals surface area contributed by atoms with Crippen molar-refractivity contribution in [2.75, 3.05) is 33.8 Å². The number of fused-ring (bicyclic) bond motifs is 2. The molecule has 0 bridgehead atoms. The molecule has 2 fully saturated rings. The van der Waals surface area contributed by atoms with E-state index in [2.05, 4.69) is 36.9 Å². The van der Waals surface area contributed by atoms with Crippen molar-refractivity contribution >= 4 is 69.9 Å². The molecule has 21 nitrogen and oxygen atoms in total. The van der Waals surface area contributed by atoms with Crippen LogP contribution in [-0.2, 0) is 44.7 Å². The molecule has 0 saturated carbocycles. The normalized spacial score (nSPS) is 27.1. The van der Waals surface area contributed by atoms with Crippen molar-refractivity contribution in [2.24, 2.45) is 0 Å². The third-order valence-corrected chi connectivity index (χ3v) is 11.0. The number of methoxy groups -OCH3 is 1. The highest BCUT2D eigenvalue weighted by atomic mass is 35.5. The molecule has 350 valence electrons. The number of allylic oxidation sites excluding steroid dienone is 2. The van der Waals surface area contributed by atoms with Gasteiger partial charge in [-0.1, -0.05) is 72.3 Å². The molecule has 0 radical (unpaired) electrons. The molecule has 2 saturated heterocycles. The molecule has 2 aliphatic heterocycles. The van der Waals surface area contributed by atoms with Crippen molar-refractivity contribution in [1.82, 2.24) is 41.8 Å². The Kier molecular flexibility index (Phi) is 17.3. The van der Waals surface area contributed by atoms with Crippen LogP contribution in [0.5, 0.6) is 0 Å². The van der Waals surface area contributed by atoms with E-state index in [1.165, 1.54) is 13.1 Å². The maximum Gasteiger partial charge on any atom is 0.253 e. The van der Waals surface area contributed by atoms with E-state index in [0.29, 0.717) is 21.5 Å². The van der Waals surface area contributed by atoms with E-state index in [4.69, 9.17) is 16.3 Å². The fourth-order valence-corrected chi connectivity index (χ4v) is 7.47. The van der Waals surface area contributed by atoms with Gasteiger partial charge in [0.15, 0.2) is 17.9 Å². The second-order valence-electron chi connectivity index (χ2n) is 15.7. The number of ether oxygens (including phenoxy) is 1. The summed E-state index contributed by atoms with van der Waals surface area (Å²) in [6.45, 7) is -1.84. The number of β-amino-alcohol motifs (C(OH)–C–C–N with tert-alkyl or cyclic N) is 1. The summed E-state index contributed by atoms with van der Waals surface area (Å²) in [5.41, 5.74) is -0.495. The van der Waals surface area contributed by atoms with Gasteiger partial charge in [-0.2, -0.15) is 0 Å². The van der Waals surface area contributed by atoms with E-state index in [-0.39, 0.29) is 12.8 Å². The van der Waals surface area contributed by atoms with Crippen molar-refractivity contribution in [3.8, 4) is 0 Å². The van der Waals surface area contributed by atoms with E-state index in [0.717, 1.165) is 17.6 Å². The number of hydrogen-bond donors (Lipinski definition) is 12. The van der Waals surface area contributed by atoms with Gasteiger partial charge in [-0.15, -0.1) is 0 Å². The van der Waals surface area contributed by atoms with Gasteiger partial charge in [0, 0.05) is 49.2 Å². The number of nitrogens with zero attached hydrogens (tertiary/aromatic N) is 1. The first-order valence-electron chi connectivity index (χ1n) is 20.5. The minimum absolute atomic E-state index is 0.0980. The van der Waals surface area contributed by atoms with Gasteiger partial charge in [-0.3, -0.25) is 33.6 Å². The van der Waals surface area contributed by atoms with Gasteiger partial charge in [0.05, 0.1) is 44.2 Å². The van der Waals surface area contributed by atoms with Crippen molar-refractivity contribution in [3.63, 3.8) is 0 Å². The number of aliphatic hydroxyl groups is 5. The highest BCUT2D eigenvalue weighted by molar-refractivity contribution is 6.31. The largest absolute Gasteiger partial charge is 0.391 e. The van der Waals surface area contributed by atoms with Gasteiger partial charge < -0.3 is 72.1 Å². The third-order valence-electron chi connectivity index (χ3n) is 10.8. The SMILES string of the molecule is COC1C(=O)NC2(O)CC(=O)N(C)CC(=O)NC(Cc3c[nH]c4cc(Cl)ccc34)C(=O)NCC(=O)NCC(O)CC(=O)NC(C(O)C(O)CC=CC=Cc3ccccc3)C(O)C(=O)NC12. The van der Waals surface area contributed by atoms with Crippen molar-refractivity contribution in [3.05, 3.63) is 89.1 Å². The fourth-order valence-electron chi connectivity index (χ4n) is 7.30. The lowest BCUT2D eigenvalue weighted by molar-refractivity contribution is -0.146. The Morgan fingerprint density at radius 3 is 2.37 bits per heavy atom. The maximum absolute atomic E-state index is 13.8. The summed E-state index contributed by atoms with van der Waals surface area (Å²) in [5.74, 6) is -6.83. The van der Waals surface area contributed by atoms with E-state index in [1.807, 2.05) is 30.3 Å². The quantitative estimate of drug-likeness (QED) is 0.0970. The number of hydrogen-bond acceptors (Lipinski definition) is 13. The van der Waals surface area contributed by atoms with E-state index in [1.54, 1.807) is 42.6 Å². The smallest absolute Gasteiger partial charge is 0.253 e. The first-order valence-corrected chi connectivity index (χ1v) is 20.9. The summed E-state index contributed by atoms with van der Waals surface area (Å²) in [7, 11) is 2.26. The zero-order chi connectivity index (χ0) is 47.4. The molecule has 2 aliphatic rings. The number of aromatic amines is 1. The predicted molar refractivity (Wildman–Crippen MR) is 233 cm³/mol. The Morgan fingerprint density at radius 2 is 1.65 bits per heavy atom. The number of aliphatic hydroxyl groups excluding tert-OH is 4. The Labute approximate surface area is 377 Å². The average Bonchev–Trinajstić information content (AvgIpc) is 3.77. The minimum Gasteiger partial charge on any atom is -0.391 e. The molecule has 7 amide bonds. The first-order chi connectivity index (χ1) is 30.9. The lowest BCUT2D eigenvalue weighted by Crippen LogP contribution is -2.64. The zero-order valence-electron chi connectivity index (χ0n) is 35.4. The number of H-pyrrole nitrogens is 1. The molecule has 65 heavy (non-hydrogen) atoms. The minimum atomic E-state index is -2.61. The maximum atomic E-state index is 13.8. The van der Waals surface area contributed by atoms with Gasteiger partial charge in [0.25, 0.3) is 11.8 Å². The number of benzene rings is 2. The molecule has 5 rings (SSSR count). The molecule has 1 aromatic heterocycles. The second kappa shape index (κ2) is 22.6. The van der Waals surface area contributed by atoms with Crippen LogP contribution < -0.4 is 31.9 Å². The lowest BCUT2D eigenvalue weighted by Gasteiger charge is -2.34. The number of carbonyl (C=O) groups excluding carboxylic acids is 7. The van der Waals surface area contributed by atoms with Crippen LogP contribution in [0.4, 0.5) is 0 Å². The van der Waals surface area contributed by atoms with Gasteiger partial charge >= 0.3 is 0 Å². The number of amides is 7. The number of aromatic nitrogens is 1. The first kappa shape index (κ1) is 49.8. The average molecular weight is 925 g/mol. The number of nitrogens with one attached hydrogen (secondary N) is 7. The van der Waals surface area contributed by atoms with Crippen molar-refractivity contribution < 1.29 is 63.8 Å². The summed E-state index contributed by atoms with van der Waals surface area (Å²) in [4.78, 5) is 97.2. The Balaban J connectivity index is 1.39. The Hall–Kier alpha value is -6.20. The Bertz CT molecular complexity index is 2280. The van der Waals surface area contributed by atoms with Gasteiger partial charge in [0.1, 0.15) is 18.2 Å². The van der Waals surface area contributed by atoms with Crippen LogP contribution >= 0.6 is 11.6 Å². The predicted octanol–water partition coefficient (Wildman–Crippen LogP) is -2.76. The summed E-state index contributed by atoms with van der Waals surface area (Å²) in [6, 6.07) is 9.14. The highest BCUT2D eigenvalue weighted by Crippen LogP contribution is 2.26. The zero-order valence-corrected chi connectivity index (χ0v) is 36.2. The van der Waals surface area contributed by atoms with E-state index < -0.39 is 128 Å². The number of halogens is 1. The van der Waals surface area contributed by atoms with E-state index in [9.17, 15) is 59.1 Å². The topological polar surface area (TPSA) is 321 Å². The molecule has 3 heterocycles. The summed E-state index contributed by atoms with van der Waals surface area (Å²) in [6.07, 6.45) is -3.41. The van der Waals surface area contributed by atoms with E-state index >= 15 is 0 Å². The van der Waals surface area contributed by atoms with Crippen LogP contribution in [0.1, 0.15) is 30.4 Å². The van der Waals surface area contributed by atoms with Gasteiger partial charge in [0.2, 0.25) is 29.5 Å². The molecule has 2 aromatic carbocycles. The second-order valence-corrected chi connectivity index (χ2v) is 16.2.